The van der Waals surface area contributed by atoms with Crippen molar-refractivity contribution in [3.63, 3.8) is 0 Å². The molecule has 11 heteroatoms. The van der Waals surface area contributed by atoms with Crippen LogP contribution in [0.2, 0.25) is 0 Å². The molecule has 3 aromatic rings. The summed E-state index contributed by atoms with van der Waals surface area (Å²) in [5, 5.41) is 2.97. The number of ether oxygens (including phenoxy) is 1. The number of nitrogens with one attached hydrogen (secondary N) is 1. The molecule has 204 valence electrons. The Morgan fingerprint density at radius 2 is 1.89 bits per heavy atom. The Morgan fingerprint density at radius 1 is 1.18 bits per heavy atom. The van der Waals surface area contributed by atoms with Crippen molar-refractivity contribution in [1.29, 1.82) is 0 Å². The lowest BCUT2D eigenvalue weighted by Gasteiger charge is -2.34. The van der Waals surface area contributed by atoms with Crippen LogP contribution in [0.15, 0.2) is 45.8 Å². The summed E-state index contributed by atoms with van der Waals surface area (Å²) in [5.41, 5.74) is 1.21. The molecule has 1 fully saturated rings. The summed E-state index contributed by atoms with van der Waals surface area (Å²) in [6, 6.07) is 3.43. The first-order valence-corrected chi connectivity index (χ1v) is 12.9. The van der Waals surface area contributed by atoms with E-state index in [2.05, 4.69) is 15.2 Å². The molecule has 1 saturated heterocycles. The largest absolute Gasteiger partial charge is 0.444 e. The highest BCUT2D eigenvalue weighted by Gasteiger charge is 2.29. The van der Waals surface area contributed by atoms with Crippen molar-refractivity contribution in [3.05, 3.63) is 62.6 Å². The van der Waals surface area contributed by atoms with Crippen molar-refractivity contribution < 1.29 is 9.53 Å². The Balaban J connectivity index is 1.76. The van der Waals surface area contributed by atoms with Crippen LogP contribution < -0.4 is 21.5 Å². The minimum atomic E-state index is -0.586. The summed E-state index contributed by atoms with van der Waals surface area (Å²) in [6.07, 6.45) is 6.49. The molecule has 1 unspecified atom stereocenters. The van der Waals surface area contributed by atoms with E-state index in [1.54, 1.807) is 31.6 Å². The molecule has 11 nitrogen and oxygen atoms in total. The molecule has 1 N–H and O–H groups in total. The number of pyridine rings is 1. The number of hydrogen-bond acceptors (Lipinski definition) is 7. The van der Waals surface area contributed by atoms with Gasteiger partial charge in [-0.1, -0.05) is 11.6 Å². The fourth-order valence-corrected chi connectivity index (χ4v) is 4.61. The van der Waals surface area contributed by atoms with Gasteiger partial charge in [0, 0.05) is 45.1 Å². The van der Waals surface area contributed by atoms with E-state index in [9.17, 15) is 14.4 Å². The monoisotopic (exact) mass is 523 g/mol. The van der Waals surface area contributed by atoms with Gasteiger partial charge in [0.15, 0.2) is 11.2 Å². The van der Waals surface area contributed by atoms with Crippen LogP contribution in [-0.4, -0.2) is 54.5 Å². The van der Waals surface area contributed by atoms with Crippen LogP contribution in [0.3, 0.4) is 0 Å². The molecule has 1 amide bonds. The number of allylic oxidation sites excluding steroid dienone is 2. The Bertz CT molecular complexity index is 1460. The molecule has 38 heavy (non-hydrogen) atoms. The highest BCUT2D eigenvalue weighted by atomic mass is 16.6. The minimum Gasteiger partial charge on any atom is -0.444 e. The van der Waals surface area contributed by atoms with Crippen LogP contribution in [0.4, 0.5) is 10.7 Å². The van der Waals surface area contributed by atoms with Crippen LogP contribution in [0.25, 0.3) is 11.2 Å². The molecule has 3 aromatic heterocycles. The molecule has 0 aromatic carbocycles. The van der Waals surface area contributed by atoms with Gasteiger partial charge in [0.25, 0.3) is 5.56 Å². The number of aromatic nitrogens is 5. The highest BCUT2D eigenvalue weighted by molar-refractivity contribution is 5.75. The zero-order chi connectivity index (χ0) is 27.6. The van der Waals surface area contributed by atoms with Crippen LogP contribution in [0, 0.1) is 0 Å². The quantitative estimate of drug-likeness (QED) is 0.494. The Labute approximate surface area is 221 Å². The molecule has 0 saturated carbocycles. The molecule has 1 aliphatic rings. The third-order valence-corrected chi connectivity index (χ3v) is 6.41. The SMILES string of the molecule is CC(C)=CCn1c(N2CCCC(NC(=O)OC(C)(C)C)C2)nc2c1c(=O)n(Cc1ccncc1)c(=O)n2C. The Kier molecular flexibility index (Phi) is 7.75. The lowest BCUT2D eigenvalue weighted by atomic mass is 10.1. The smallest absolute Gasteiger partial charge is 0.407 e. The average Bonchev–Trinajstić information content (AvgIpc) is 3.23. The van der Waals surface area contributed by atoms with Gasteiger partial charge in [0.2, 0.25) is 5.95 Å². The second-order valence-corrected chi connectivity index (χ2v) is 11.0. The lowest BCUT2D eigenvalue weighted by Crippen LogP contribution is -2.49. The predicted octanol–water partition coefficient (Wildman–Crippen LogP) is 2.80. The third-order valence-electron chi connectivity index (χ3n) is 6.41. The summed E-state index contributed by atoms with van der Waals surface area (Å²) in [5.74, 6) is 0.599. The molecule has 0 aliphatic carbocycles. The number of nitrogens with zero attached hydrogens (tertiary/aromatic N) is 6. The van der Waals surface area contributed by atoms with Crippen LogP contribution >= 0.6 is 0 Å². The van der Waals surface area contributed by atoms with E-state index in [0.717, 1.165) is 24.0 Å². The number of carbonyl (C=O) groups excluding carboxylic acids is 1. The van der Waals surface area contributed by atoms with Gasteiger partial charge in [-0.05, 0) is 65.2 Å². The van der Waals surface area contributed by atoms with E-state index in [1.165, 1.54) is 9.13 Å². The first kappa shape index (κ1) is 27.2. The van der Waals surface area contributed by atoms with Gasteiger partial charge >= 0.3 is 11.8 Å². The molecule has 0 spiro atoms. The molecular formula is C27H37N7O4. The number of alkyl carbamates (subject to hydrolysis) is 1. The number of carbonyl (C=O) groups is 1. The molecule has 1 atom stereocenters. The molecule has 0 radical (unpaired) electrons. The minimum absolute atomic E-state index is 0.137. The molecule has 1 aliphatic heterocycles. The second-order valence-electron chi connectivity index (χ2n) is 11.0. The molecular weight excluding hydrogens is 486 g/mol. The van der Waals surface area contributed by atoms with Gasteiger partial charge < -0.3 is 19.5 Å². The first-order valence-electron chi connectivity index (χ1n) is 12.9. The maximum Gasteiger partial charge on any atom is 0.407 e. The normalized spacial score (nSPS) is 15.9. The van der Waals surface area contributed by atoms with Gasteiger partial charge in [0.05, 0.1) is 6.54 Å². The van der Waals surface area contributed by atoms with E-state index in [1.807, 2.05) is 45.3 Å². The number of aryl methyl sites for hydroxylation is 1. The average molecular weight is 524 g/mol. The summed E-state index contributed by atoms with van der Waals surface area (Å²) in [6.45, 7) is 11.3. The summed E-state index contributed by atoms with van der Waals surface area (Å²) >= 11 is 0. The molecule has 4 heterocycles. The Morgan fingerprint density at radius 3 is 2.55 bits per heavy atom. The number of fused-ring (bicyclic) bond motifs is 1. The van der Waals surface area contributed by atoms with E-state index in [4.69, 9.17) is 9.72 Å². The van der Waals surface area contributed by atoms with Crippen molar-refractivity contribution in [3.8, 4) is 0 Å². The number of amides is 1. The highest BCUT2D eigenvalue weighted by Crippen LogP contribution is 2.24. The number of hydrogen-bond donors (Lipinski definition) is 1. The summed E-state index contributed by atoms with van der Waals surface area (Å²) in [4.78, 5) is 50.3. The number of imidazole rings is 1. The number of piperidine rings is 1. The Hall–Kier alpha value is -3.89. The topological polar surface area (TPSA) is 116 Å². The van der Waals surface area contributed by atoms with Crippen LogP contribution in [-0.2, 0) is 24.9 Å². The van der Waals surface area contributed by atoms with Crippen molar-refractivity contribution in [2.75, 3.05) is 18.0 Å². The summed E-state index contributed by atoms with van der Waals surface area (Å²) < 4.78 is 9.99. The standard InChI is InChI=1S/C27H37N7O4/c1-18(2)11-15-33-21-22(31(6)26(37)34(23(21)35)16-19-9-12-28-13-10-19)30-24(33)32-14-7-8-20(17-32)29-25(36)38-27(3,4)5/h9-13,20H,7-8,14-17H2,1-6H3,(H,29,36). The summed E-state index contributed by atoms with van der Waals surface area (Å²) in [7, 11) is 1.64. The van der Waals surface area contributed by atoms with E-state index in [0.29, 0.717) is 36.7 Å². The van der Waals surface area contributed by atoms with Crippen LogP contribution in [0.1, 0.15) is 53.0 Å². The van der Waals surface area contributed by atoms with Gasteiger partial charge in [-0.25, -0.2) is 9.59 Å². The zero-order valence-corrected chi connectivity index (χ0v) is 23.0. The lowest BCUT2D eigenvalue weighted by molar-refractivity contribution is 0.0499. The number of rotatable bonds is 6. The molecule has 0 bridgehead atoms. The van der Waals surface area contributed by atoms with E-state index < -0.39 is 17.4 Å². The van der Waals surface area contributed by atoms with Gasteiger partial charge in [-0.3, -0.25) is 18.9 Å². The first-order chi connectivity index (χ1) is 17.9. The van der Waals surface area contributed by atoms with Crippen molar-refractivity contribution in [2.24, 2.45) is 7.05 Å². The molecule has 4 rings (SSSR count). The van der Waals surface area contributed by atoms with Crippen molar-refractivity contribution >= 4 is 23.2 Å². The maximum atomic E-state index is 13.8. The van der Waals surface area contributed by atoms with Gasteiger partial charge in [-0.2, -0.15) is 4.98 Å². The van der Waals surface area contributed by atoms with E-state index >= 15 is 0 Å². The fraction of sp³-hybridized carbons (Fsp3) is 0.519. The predicted molar refractivity (Wildman–Crippen MR) is 147 cm³/mol. The second kappa shape index (κ2) is 10.8. The van der Waals surface area contributed by atoms with Crippen molar-refractivity contribution in [1.82, 2.24) is 29.0 Å². The van der Waals surface area contributed by atoms with Crippen molar-refractivity contribution in [2.45, 2.75) is 72.2 Å². The maximum absolute atomic E-state index is 13.8. The van der Waals surface area contributed by atoms with Crippen LogP contribution in [0.5, 0.6) is 0 Å². The van der Waals surface area contributed by atoms with E-state index in [-0.39, 0.29) is 18.1 Å². The zero-order valence-electron chi connectivity index (χ0n) is 23.0. The number of anilines is 1. The van der Waals surface area contributed by atoms with Gasteiger partial charge in [0.1, 0.15) is 5.60 Å². The van der Waals surface area contributed by atoms with Gasteiger partial charge in [-0.15, -0.1) is 0 Å². The third kappa shape index (κ3) is 5.98. The fourth-order valence-electron chi connectivity index (χ4n) is 4.61.